The Balaban J connectivity index is 1.59. The molecule has 0 fully saturated rings. The van der Waals surface area contributed by atoms with Gasteiger partial charge in [-0.15, -0.1) is 0 Å². The summed E-state index contributed by atoms with van der Waals surface area (Å²) in [6, 6.07) is 23.3. The summed E-state index contributed by atoms with van der Waals surface area (Å²) < 4.78 is 0. The van der Waals surface area contributed by atoms with Gasteiger partial charge in [-0.3, -0.25) is 9.59 Å². The van der Waals surface area contributed by atoms with Crippen LogP contribution < -0.4 is 5.32 Å². The first-order chi connectivity index (χ1) is 18.4. The van der Waals surface area contributed by atoms with Gasteiger partial charge in [0.05, 0.1) is 11.7 Å². The van der Waals surface area contributed by atoms with Crippen molar-refractivity contribution in [2.24, 2.45) is 0 Å². The van der Waals surface area contributed by atoms with Gasteiger partial charge in [0.1, 0.15) is 6.04 Å². The lowest BCUT2D eigenvalue weighted by Gasteiger charge is -2.31. The largest absolute Gasteiger partial charge is 0.354 e. The van der Waals surface area contributed by atoms with Gasteiger partial charge in [0.2, 0.25) is 5.91 Å². The molecule has 0 spiro atoms. The third kappa shape index (κ3) is 4.61. The Kier molecular flexibility index (Phi) is 7.34. The highest BCUT2D eigenvalue weighted by molar-refractivity contribution is 6.04. The molecule has 3 aromatic carbocycles. The number of fused-ring (bicyclic) bond motifs is 2. The zero-order valence-corrected chi connectivity index (χ0v) is 22.6. The van der Waals surface area contributed by atoms with Crippen molar-refractivity contribution in [3.05, 3.63) is 95.1 Å². The van der Waals surface area contributed by atoms with Crippen LogP contribution in [-0.2, 0) is 4.79 Å². The monoisotopic (exact) mass is 508 g/mol. The molecule has 1 aliphatic rings. The third-order valence-electron chi connectivity index (χ3n) is 7.78. The van der Waals surface area contributed by atoms with Crippen LogP contribution in [0.15, 0.2) is 72.8 Å². The minimum absolute atomic E-state index is 0.114. The number of likely N-dealkylation sites (N-methyl/N-ethyl adjacent to an activating group) is 1. The maximum atomic E-state index is 13.9. The first-order valence-electron chi connectivity index (χ1n) is 13.5. The minimum Gasteiger partial charge on any atom is -0.354 e. The number of nitrogens with zero attached hydrogens (tertiary/aromatic N) is 2. The van der Waals surface area contributed by atoms with E-state index in [-0.39, 0.29) is 11.8 Å². The Morgan fingerprint density at radius 2 is 1.68 bits per heavy atom. The van der Waals surface area contributed by atoms with Crippen LogP contribution in [0.5, 0.6) is 0 Å². The number of rotatable bonds is 9. The first-order valence-corrected chi connectivity index (χ1v) is 13.5. The molecular weight excluding hydrogens is 472 g/mol. The number of carbonyl (C=O) groups is 2. The Bertz CT molecular complexity index is 1450. The second kappa shape index (κ2) is 10.8. The van der Waals surface area contributed by atoms with E-state index >= 15 is 0 Å². The van der Waals surface area contributed by atoms with Crippen molar-refractivity contribution in [3.8, 4) is 11.3 Å². The highest BCUT2D eigenvalue weighted by Gasteiger charge is 2.44. The van der Waals surface area contributed by atoms with E-state index in [2.05, 4.69) is 72.4 Å². The second-order valence-corrected chi connectivity index (χ2v) is 10.0. The van der Waals surface area contributed by atoms with Crippen molar-refractivity contribution in [1.29, 1.82) is 0 Å². The molecule has 0 saturated heterocycles. The van der Waals surface area contributed by atoms with Crippen molar-refractivity contribution in [2.75, 3.05) is 26.2 Å². The Hall–Kier alpha value is -3.90. The van der Waals surface area contributed by atoms with E-state index in [1.807, 2.05) is 43.3 Å². The molecule has 6 heteroatoms. The van der Waals surface area contributed by atoms with Gasteiger partial charge in [-0.25, -0.2) is 0 Å². The summed E-state index contributed by atoms with van der Waals surface area (Å²) in [6.07, 6.45) is 0. The predicted molar refractivity (Wildman–Crippen MR) is 153 cm³/mol. The Labute approximate surface area is 224 Å². The van der Waals surface area contributed by atoms with Crippen LogP contribution in [0.4, 0.5) is 0 Å². The smallest absolute Gasteiger partial charge is 0.255 e. The molecule has 2 heterocycles. The van der Waals surface area contributed by atoms with Crippen molar-refractivity contribution < 1.29 is 9.59 Å². The molecule has 2 N–H and O–H groups in total. The van der Waals surface area contributed by atoms with Gasteiger partial charge >= 0.3 is 0 Å². The quantitative estimate of drug-likeness (QED) is 0.312. The third-order valence-corrected chi connectivity index (χ3v) is 7.78. The molecule has 5 rings (SSSR count). The zero-order valence-electron chi connectivity index (χ0n) is 22.6. The van der Waals surface area contributed by atoms with Crippen LogP contribution in [0.25, 0.3) is 22.2 Å². The van der Waals surface area contributed by atoms with Crippen molar-refractivity contribution in [2.45, 2.75) is 39.8 Å². The van der Waals surface area contributed by atoms with Crippen molar-refractivity contribution in [3.63, 3.8) is 0 Å². The van der Waals surface area contributed by atoms with Crippen LogP contribution in [-0.4, -0.2) is 58.8 Å². The molecule has 1 aliphatic heterocycles. The van der Waals surface area contributed by atoms with E-state index in [9.17, 15) is 9.59 Å². The molecule has 38 heavy (non-hydrogen) atoms. The van der Waals surface area contributed by atoms with Crippen LogP contribution in [0.3, 0.4) is 0 Å². The van der Waals surface area contributed by atoms with Crippen LogP contribution in [0, 0.1) is 6.92 Å². The van der Waals surface area contributed by atoms with Gasteiger partial charge in [0.25, 0.3) is 5.91 Å². The molecule has 0 bridgehead atoms. The topological polar surface area (TPSA) is 68.4 Å². The van der Waals surface area contributed by atoms with Crippen molar-refractivity contribution in [1.82, 2.24) is 20.1 Å². The van der Waals surface area contributed by atoms with E-state index in [1.54, 1.807) is 4.90 Å². The average molecular weight is 509 g/mol. The number of aryl methyl sites for hydroxylation is 1. The lowest BCUT2D eigenvalue weighted by Crippen LogP contribution is -2.48. The maximum Gasteiger partial charge on any atom is 0.255 e. The summed E-state index contributed by atoms with van der Waals surface area (Å²) in [5, 5.41) is 4.13. The molecule has 0 aliphatic carbocycles. The average Bonchev–Trinajstić information content (AvgIpc) is 3.46. The fourth-order valence-corrected chi connectivity index (χ4v) is 5.58. The molecule has 4 aromatic rings. The van der Waals surface area contributed by atoms with Crippen LogP contribution in [0.2, 0.25) is 0 Å². The lowest BCUT2D eigenvalue weighted by atomic mass is 9.92. The summed E-state index contributed by atoms with van der Waals surface area (Å²) in [5.74, 6) is -0.253. The number of hydrogen-bond acceptors (Lipinski definition) is 3. The predicted octanol–water partition coefficient (Wildman–Crippen LogP) is 5.54. The van der Waals surface area contributed by atoms with E-state index in [0.717, 1.165) is 52.9 Å². The van der Waals surface area contributed by atoms with Crippen LogP contribution in [0.1, 0.15) is 53.9 Å². The van der Waals surface area contributed by atoms with Crippen LogP contribution >= 0.6 is 0 Å². The number of carbonyl (C=O) groups excluding carboxylic acids is 2. The number of aromatic nitrogens is 1. The van der Waals surface area contributed by atoms with Gasteiger partial charge in [-0.05, 0) is 50.2 Å². The number of H-pyrrole nitrogens is 1. The molecule has 1 aromatic heterocycles. The molecule has 0 radical (unpaired) electrons. The maximum absolute atomic E-state index is 13.9. The van der Waals surface area contributed by atoms with Gasteiger partial charge in [-0.2, -0.15) is 0 Å². The molecule has 196 valence electrons. The number of para-hydroxylation sites is 1. The van der Waals surface area contributed by atoms with Gasteiger partial charge < -0.3 is 20.1 Å². The Morgan fingerprint density at radius 1 is 1.00 bits per heavy atom. The summed E-state index contributed by atoms with van der Waals surface area (Å²) in [6.45, 7) is 11.3. The van der Waals surface area contributed by atoms with Gasteiger partial charge in [0.15, 0.2) is 0 Å². The molecule has 0 unspecified atom stereocenters. The second-order valence-electron chi connectivity index (χ2n) is 10.0. The van der Waals surface area contributed by atoms with Crippen molar-refractivity contribution >= 4 is 22.7 Å². The molecule has 0 saturated carbocycles. The lowest BCUT2D eigenvalue weighted by molar-refractivity contribution is -0.125. The number of nitrogens with one attached hydrogen (secondary N) is 2. The van der Waals surface area contributed by atoms with E-state index in [4.69, 9.17) is 0 Å². The fraction of sp³-hybridized carbons (Fsp3) is 0.312. The molecule has 2 amide bonds. The number of aromatic amines is 1. The number of benzene rings is 3. The number of amides is 2. The summed E-state index contributed by atoms with van der Waals surface area (Å²) >= 11 is 0. The summed E-state index contributed by atoms with van der Waals surface area (Å²) in [7, 11) is 0. The van der Waals surface area contributed by atoms with E-state index in [0.29, 0.717) is 12.1 Å². The fourth-order valence-electron chi connectivity index (χ4n) is 5.58. The molecule has 2 atom stereocenters. The van der Waals surface area contributed by atoms with Gasteiger partial charge in [-0.1, -0.05) is 80.1 Å². The number of hydrogen-bond donors (Lipinski definition) is 2. The SMILES string of the molecule is CCN(CC)CCNC(=O)[C@H](C)N1C(=O)c2ccccc2[C@@H]1c1c(-c2ccc(C)cc2)[nH]c2ccccc12. The summed E-state index contributed by atoms with van der Waals surface area (Å²) in [5.41, 5.74) is 6.81. The zero-order chi connectivity index (χ0) is 26.8. The highest BCUT2D eigenvalue weighted by Crippen LogP contribution is 2.46. The van der Waals surface area contributed by atoms with E-state index < -0.39 is 12.1 Å². The Morgan fingerprint density at radius 3 is 2.42 bits per heavy atom. The molecular formula is C32H36N4O2. The molecule has 6 nitrogen and oxygen atoms in total. The first kappa shape index (κ1) is 25.7. The van der Waals surface area contributed by atoms with Gasteiger partial charge in [0, 0.05) is 35.1 Å². The van der Waals surface area contributed by atoms with E-state index in [1.165, 1.54) is 5.56 Å². The highest BCUT2D eigenvalue weighted by atomic mass is 16.2. The standard InChI is InChI=1S/C32H36N4O2/c1-5-35(6-2)20-19-33-31(37)22(4)36-30(24-11-7-8-12-25(24)32(36)38)28-26-13-9-10-14-27(26)34-29(28)23-17-15-21(3)16-18-23/h7-18,22,30,34H,5-6,19-20H2,1-4H3,(H,33,37)/t22-,30+/m0/s1. The summed E-state index contributed by atoms with van der Waals surface area (Å²) in [4.78, 5) is 35.0. The normalized spacial score (nSPS) is 15.8. The minimum atomic E-state index is -0.642.